The normalized spacial score (nSPS) is 18.1. The highest BCUT2D eigenvalue weighted by Gasteiger charge is 2.37. The molecule has 0 spiro atoms. The summed E-state index contributed by atoms with van der Waals surface area (Å²) in [5, 5.41) is -1.65. The highest BCUT2D eigenvalue weighted by atomic mass is 35.5. The quantitative estimate of drug-likeness (QED) is 0.714. The number of nitrogens with zero attached hydrogens (tertiary/aromatic N) is 2. The second-order valence-corrected chi connectivity index (χ2v) is 11.6. The molecule has 0 radical (unpaired) electrons. The Morgan fingerprint density at radius 3 is 2.04 bits per heavy atom. The molecule has 146 valence electrons. The monoisotopic (exact) mass is 422 g/mol. The Morgan fingerprint density at radius 2 is 1.54 bits per heavy atom. The first-order valence-corrected chi connectivity index (χ1v) is 11.7. The number of amides is 1. The van der Waals surface area contributed by atoms with Crippen LogP contribution in [0.2, 0.25) is 5.02 Å². The molecule has 1 aliphatic heterocycles. The van der Waals surface area contributed by atoms with Crippen LogP contribution >= 0.6 is 11.6 Å². The third-order valence-corrected chi connectivity index (χ3v) is 9.40. The molecule has 1 saturated heterocycles. The van der Waals surface area contributed by atoms with Gasteiger partial charge in [0, 0.05) is 26.2 Å². The number of hydrogen-bond acceptors (Lipinski definition) is 5. The molecular formula is C16H23ClN2O5S2. The molecule has 10 heteroatoms. The summed E-state index contributed by atoms with van der Waals surface area (Å²) in [6.07, 6.45) is 0. The van der Waals surface area contributed by atoms with Gasteiger partial charge in [-0.05, 0) is 32.9 Å². The minimum absolute atomic E-state index is 0.0252. The number of carbonyl (C=O) groups is 1. The van der Waals surface area contributed by atoms with Gasteiger partial charge < -0.3 is 4.90 Å². The molecule has 1 aromatic carbocycles. The van der Waals surface area contributed by atoms with E-state index in [2.05, 4.69) is 0 Å². The highest BCUT2D eigenvalue weighted by Crippen LogP contribution is 2.25. The van der Waals surface area contributed by atoms with Gasteiger partial charge in [-0.25, -0.2) is 16.8 Å². The van der Waals surface area contributed by atoms with Gasteiger partial charge in [0.15, 0.2) is 9.84 Å². The summed E-state index contributed by atoms with van der Waals surface area (Å²) in [7, 11) is -7.32. The fourth-order valence-corrected chi connectivity index (χ4v) is 5.91. The van der Waals surface area contributed by atoms with Gasteiger partial charge in [-0.15, -0.1) is 0 Å². The van der Waals surface area contributed by atoms with Gasteiger partial charge >= 0.3 is 0 Å². The number of sulfone groups is 1. The summed E-state index contributed by atoms with van der Waals surface area (Å²) in [5.41, 5.74) is 0. The van der Waals surface area contributed by atoms with Crippen molar-refractivity contribution in [2.24, 2.45) is 0 Å². The largest absolute Gasteiger partial charge is 0.339 e. The standard InChI is InChI=1S/C16H23ClN2O5S2/c1-12(2)25(21,22)13(3)16(20)18-8-10-19(11-9-18)26(23,24)15-7-5-4-6-14(15)17/h4-7,12-13H,8-11H2,1-3H3. The van der Waals surface area contributed by atoms with Gasteiger partial charge in [0.25, 0.3) is 0 Å². The molecule has 0 aromatic heterocycles. The Labute approximate surface area is 159 Å². The minimum atomic E-state index is -3.76. The van der Waals surface area contributed by atoms with Crippen molar-refractivity contribution in [3.8, 4) is 0 Å². The first-order chi connectivity index (χ1) is 12.0. The smallest absolute Gasteiger partial charge is 0.244 e. The fraction of sp³-hybridized carbons (Fsp3) is 0.562. The first kappa shape index (κ1) is 21.1. The number of benzene rings is 1. The van der Waals surface area contributed by atoms with Gasteiger partial charge in [0.1, 0.15) is 10.1 Å². The number of halogens is 1. The summed E-state index contributed by atoms with van der Waals surface area (Å²) in [5.74, 6) is -0.492. The van der Waals surface area contributed by atoms with Crippen molar-refractivity contribution in [2.75, 3.05) is 26.2 Å². The van der Waals surface area contributed by atoms with Crippen LogP contribution in [0.5, 0.6) is 0 Å². The van der Waals surface area contributed by atoms with Crippen LogP contribution in [-0.4, -0.2) is 68.6 Å². The van der Waals surface area contributed by atoms with E-state index in [9.17, 15) is 21.6 Å². The van der Waals surface area contributed by atoms with Crippen LogP contribution in [0.3, 0.4) is 0 Å². The van der Waals surface area contributed by atoms with Crippen molar-refractivity contribution in [3.63, 3.8) is 0 Å². The maximum Gasteiger partial charge on any atom is 0.244 e. The first-order valence-electron chi connectivity index (χ1n) is 8.25. The lowest BCUT2D eigenvalue weighted by Crippen LogP contribution is -2.53. The molecule has 26 heavy (non-hydrogen) atoms. The van der Waals surface area contributed by atoms with Crippen LogP contribution in [0, 0.1) is 0 Å². The molecule has 1 aromatic rings. The summed E-state index contributed by atoms with van der Waals surface area (Å²) < 4.78 is 51.1. The molecule has 1 fully saturated rings. The third-order valence-electron chi connectivity index (χ3n) is 4.50. The number of rotatable bonds is 5. The second-order valence-electron chi connectivity index (χ2n) is 6.44. The molecule has 1 amide bonds. The number of hydrogen-bond donors (Lipinski definition) is 0. The predicted molar refractivity (Wildman–Crippen MR) is 100 cm³/mol. The van der Waals surface area contributed by atoms with Crippen LogP contribution in [0.25, 0.3) is 0 Å². The SMILES string of the molecule is CC(C)S(=O)(=O)C(C)C(=O)N1CCN(S(=O)(=O)c2ccccc2Cl)CC1. The van der Waals surface area contributed by atoms with Gasteiger partial charge in [0.05, 0.1) is 10.3 Å². The van der Waals surface area contributed by atoms with E-state index < -0.39 is 36.3 Å². The van der Waals surface area contributed by atoms with Crippen molar-refractivity contribution in [1.82, 2.24) is 9.21 Å². The third kappa shape index (κ3) is 4.05. The molecule has 1 atom stereocenters. The van der Waals surface area contributed by atoms with E-state index in [1.54, 1.807) is 12.1 Å². The molecule has 1 unspecified atom stereocenters. The molecule has 0 saturated carbocycles. The Balaban J connectivity index is 2.10. The zero-order chi connectivity index (χ0) is 19.7. The van der Waals surface area contributed by atoms with Crippen LogP contribution in [0.4, 0.5) is 0 Å². The lowest BCUT2D eigenvalue weighted by molar-refractivity contribution is -0.131. The average molecular weight is 423 g/mol. The zero-order valence-electron chi connectivity index (χ0n) is 14.9. The van der Waals surface area contributed by atoms with Crippen molar-refractivity contribution in [1.29, 1.82) is 0 Å². The maximum absolute atomic E-state index is 12.7. The lowest BCUT2D eigenvalue weighted by atomic mass is 10.3. The van der Waals surface area contributed by atoms with Crippen molar-refractivity contribution >= 4 is 37.4 Å². The second kappa shape index (κ2) is 7.84. The Kier molecular flexibility index (Phi) is 6.37. The van der Waals surface area contributed by atoms with E-state index >= 15 is 0 Å². The summed E-state index contributed by atoms with van der Waals surface area (Å²) in [6, 6.07) is 6.19. The Morgan fingerprint density at radius 1 is 1.00 bits per heavy atom. The van der Waals surface area contributed by atoms with Crippen molar-refractivity contribution in [2.45, 2.75) is 36.2 Å². The van der Waals surface area contributed by atoms with E-state index in [1.165, 1.54) is 42.1 Å². The number of piperazine rings is 1. The van der Waals surface area contributed by atoms with Crippen molar-refractivity contribution in [3.05, 3.63) is 29.3 Å². The number of carbonyl (C=O) groups excluding carboxylic acids is 1. The van der Waals surface area contributed by atoms with E-state index in [-0.39, 0.29) is 36.1 Å². The predicted octanol–water partition coefficient (Wildman–Crippen LogP) is 1.38. The molecule has 1 heterocycles. The fourth-order valence-electron chi connectivity index (χ4n) is 2.75. The molecule has 0 bridgehead atoms. The Bertz CT molecular complexity index is 876. The highest BCUT2D eigenvalue weighted by molar-refractivity contribution is 7.93. The number of sulfonamides is 1. The summed E-state index contributed by atoms with van der Waals surface area (Å²) in [6.45, 7) is 4.91. The molecule has 7 nitrogen and oxygen atoms in total. The maximum atomic E-state index is 12.7. The molecule has 0 N–H and O–H groups in total. The van der Waals surface area contributed by atoms with Crippen LogP contribution in [0.1, 0.15) is 20.8 Å². The van der Waals surface area contributed by atoms with E-state index in [0.29, 0.717) is 0 Å². The van der Waals surface area contributed by atoms with E-state index in [0.717, 1.165) is 0 Å². The Hall–Kier alpha value is -1.16. The molecule has 2 rings (SSSR count). The molecule has 1 aliphatic rings. The van der Waals surface area contributed by atoms with Gasteiger partial charge in [-0.2, -0.15) is 4.31 Å². The summed E-state index contributed by atoms with van der Waals surface area (Å²) in [4.78, 5) is 13.9. The van der Waals surface area contributed by atoms with E-state index in [4.69, 9.17) is 11.6 Å². The van der Waals surface area contributed by atoms with E-state index in [1.807, 2.05) is 0 Å². The lowest BCUT2D eigenvalue weighted by Gasteiger charge is -2.35. The van der Waals surface area contributed by atoms with Gasteiger partial charge in [-0.3, -0.25) is 4.79 Å². The summed E-state index contributed by atoms with van der Waals surface area (Å²) >= 11 is 5.99. The average Bonchev–Trinajstić information content (AvgIpc) is 2.60. The van der Waals surface area contributed by atoms with Gasteiger partial charge in [0.2, 0.25) is 15.9 Å². The van der Waals surface area contributed by atoms with Crippen LogP contribution in [0.15, 0.2) is 29.2 Å². The van der Waals surface area contributed by atoms with Gasteiger partial charge in [-0.1, -0.05) is 23.7 Å². The van der Waals surface area contributed by atoms with Crippen molar-refractivity contribution < 1.29 is 21.6 Å². The topological polar surface area (TPSA) is 91.8 Å². The van der Waals surface area contributed by atoms with Crippen LogP contribution < -0.4 is 0 Å². The molecular weight excluding hydrogens is 400 g/mol. The minimum Gasteiger partial charge on any atom is -0.339 e. The molecule has 0 aliphatic carbocycles. The van der Waals surface area contributed by atoms with Crippen LogP contribution in [-0.2, 0) is 24.7 Å². The zero-order valence-corrected chi connectivity index (χ0v) is 17.3.